The molecular formula is C21H27N3O4S. The first kappa shape index (κ1) is 22.6. The Morgan fingerprint density at radius 1 is 1.17 bits per heavy atom. The van der Waals surface area contributed by atoms with Crippen molar-refractivity contribution in [1.29, 1.82) is 0 Å². The zero-order chi connectivity index (χ0) is 21.7. The average Bonchev–Trinajstić information content (AvgIpc) is 2.71. The minimum absolute atomic E-state index is 0.331. The highest BCUT2D eigenvalue weighted by atomic mass is 32.2. The van der Waals surface area contributed by atoms with Gasteiger partial charge in [0.05, 0.1) is 37.0 Å². The Bertz CT molecular complexity index is 923. The third-order valence-electron chi connectivity index (χ3n) is 4.53. The second-order valence-corrected chi connectivity index (χ2v) is 8.16. The van der Waals surface area contributed by atoms with Crippen molar-refractivity contribution in [2.75, 3.05) is 39.9 Å². The van der Waals surface area contributed by atoms with Gasteiger partial charge in [0, 0.05) is 14.1 Å². The topological polar surface area (TPSA) is 71.4 Å². The molecule has 0 aromatic heterocycles. The predicted octanol–water partition coefficient (Wildman–Crippen LogP) is 3.48. The van der Waals surface area contributed by atoms with Crippen LogP contribution in [0.1, 0.15) is 21.5 Å². The molecule has 0 amide bonds. The molecule has 156 valence electrons. The van der Waals surface area contributed by atoms with Crippen LogP contribution in [0.5, 0.6) is 5.75 Å². The van der Waals surface area contributed by atoms with Crippen LogP contribution in [0.2, 0.25) is 0 Å². The number of carbonyl (C=O) groups is 1. The van der Waals surface area contributed by atoms with Crippen LogP contribution in [-0.4, -0.2) is 56.2 Å². The second-order valence-electron chi connectivity index (χ2n) is 6.63. The van der Waals surface area contributed by atoms with Gasteiger partial charge in [0.15, 0.2) is 0 Å². The number of benzene rings is 2. The first-order chi connectivity index (χ1) is 13.7. The van der Waals surface area contributed by atoms with E-state index in [2.05, 4.69) is 11.7 Å². The molecule has 2 rings (SSSR count). The van der Waals surface area contributed by atoms with Crippen molar-refractivity contribution in [3.8, 4) is 5.75 Å². The number of esters is 1. The third-order valence-corrected chi connectivity index (χ3v) is 6.20. The molecule has 0 radical (unpaired) electrons. The Labute approximate surface area is 174 Å². The van der Waals surface area contributed by atoms with E-state index in [-0.39, 0.29) is 0 Å². The Kier molecular flexibility index (Phi) is 7.53. The molecule has 0 aliphatic heterocycles. The number of para-hydroxylation sites is 1. The number of hydrogen-bond donors (Lipinski definition) is 0. The second kappa shape index (κ2) is 9.67. The van der Waals surface area contributed by atoms with E-state index in [9.17, 15) is 9.00 Å². The summed E-state index contributed by atoms with van der Waals surface area (Å²) in [7, 11) is 5.17. The molecule has 0 saturated heterocycles. The van der Waals surface area contributed by atoms with Crippen LogP contribution in [0.15, 0.2) is 40.2 Å². The van der Waals surface area contributed by atoms with Crippen molar-refractivity contribution in [1.82, 2.24) is 4.31 Å². The Hall–Kier alpha value is -2.71. The van der Waals surface area contributed by atoms with Gasteiger partial charge in [0.1, 0.15) is 22.4 Å². The SMILES string of the molecule is C=Nc1c(C(=O)OC)cccc1N(C)CN(C)S(=O)c1c(C)cc(OC)cc1C. The fourth-order valence-corrected chi connectivity index (χ4v) is 4.43. The van der Waals surface area contributed by atoms with Gasteiger partial charge in [-0.15, -0.1) is 0 Å². The van der Waals surface area contributed by atoms with Crippen molar-refractivity contribution < 1.29 is 18.5 Å². The van der Waals surface area contributed by atoms with E-state index in [0.29, 0.717) is 23.6 Å². The minimum atomic E-state index is -1.38. The van der Waals surface area contributed by atoms with E-state index >= 15 is 0 Å². The van der Waals surface area contributed by atoms with E-state index in [1.165, 1.54) is 7.11 Å². The zero-order valence-corrected chi connectivity index (χ0v) is 18.5. The fourth-order valence-electron chi connectivity index (χ4n) is 3.17. The van der Waals surface area contributed by atoms with Crippen LogP contribution in [0.3, 0.4) is 0 Å². The number of nitrogens with zero attached hydrogens (tertiary/aromatic N) is 3. The fraction of sp³-hybridized carbons (Fsp3) is 0.333. The van der Waals surface area contributed by atoms with E-state index in [4.69, 9.17) is 9.47 Å². The van der Waals surface area contributed by atoms with Gasteiger partial charge in [-0.1, -0.05) is 6.07 Å². The molecule has 0 spiro atoms. The predicted molar refractivity (Wildman–Crippen MR) is 117 cm³/mol. The lowest BCUT2D eigenvalue weighted by atomic mass is 10.1. The van der Waals surface area contributed by atoms with Crippen LogP contribution in [-0.2, 0) is 15.7 Å². The summed E-state index contributed by atoms with van der Waals surface area (Å²) < 4.78 is 25.0. The summed E-state index contributed by atoms with van der Waals surface area (Å²) in [5.41, 5.74) is 3.25. The molecule has 0 bridgehead atoms. The molecule has 0 saturated carbocycles. The summed E-state index contributed by atoms with van der Waals surface area (Å²) in [6.07, 6.45) is 0. The number of methoxy groups -OCH3 is 2. The minimum Gasteiger partial charge on any atom is -0.497 e. The molecule has 0 aliphatic carbocycles. The molecule has 7 nitrogen and oxygen atoms in total. The highest BCUT2D eigenvalue weighted by Gasteiger charge is 2.21. The van der Waals surface area contributed by atoms with Gasteiger partial charge in [0.2, 0.25) is 0 Å². The summed E-state index contributed by atoms with van der Waals surface area (Å²) in [6.45, 7) is 7.75. The normalized spacial score (nSPS) is 11.8. The number of aliphatic imine (C=N–C) groups is 1. The van der Waals surface area contributed by atoms with Crippen molar-refractivity contribution in [3.05, 3.63) is 47.0 Å². The lowest BCUT2D eigenvalue weighted by molar-refractivity contribution is 0.0601. The number of anilines is 1. The Balaban J connectivity index is 2.30. The number of ether oxygens (including phenoxy) is 2. The maximum absolute atomic E-state index is 13.2. The molecular weight excluding hydrogens is 390 g/mol. The quantitative estimate of drug-likeness (QED) is 0.374. The molecule has 29 heavy (non-hydrogen) atoms. The molecule has 0 aliphatic rings. The van der Waals surface area contributed by atoms with Crippen molar-refractivity contribution in [2.24, 2.45) is 4.99 Å². The molecule has 0 heterocycles. The zero-order valence-electron chi connectivity index (χ0n) is 17.7. The van der Waals surface area contributed by atoms with Crippen LogP contribution in [0.25, 0.3) is 0 Å². The number of aryl methyl sites for hydroxylation is 2. The van der Waals surface area contributed by atoms with Crippen molar-refractivity contribution >= 4 is 35.0 Å². The van der Waals surface area contributed by atoms with Crippen LogP contribution < -0.4 is 9.64 Å². The molecule has 8 heteroatoms. The maximum Gasteiger partial charge on any atom is 0.340 e. The lowest BCUT2D eigenvalue weighted by Gasteiger charge is -2.27. The average molecular weight is 418 g/mol. The highest BCUT2D eigenvalue weighted by molar-refractivity contribution is 7.82. The standard InChI is InChI=1S/C21H27N3O4S/c1-14-11-16(27-6)12-15(2)20(14)29(26)24(5)13-23(4)18-10-8-9-17(19(18)22-3)21(25)28-7/h8-12H,3,13H2,1-2,4-7H3. The van der Waals surface area contributed by atoms with Gasteiger partial charge in [-0.2, -0.15) is 0 Å². The van der Waals surface area contributed by atoms with Crippen LogP contribution in [0.4, 0.5) is 11.4 Å². The Morgan fingerprint density at radius 2 is 1.79 bits per heavy atom. The molecule has 0 fully saturated rings. The van der Waals surface area contributed by atoms with E-state index in [1.54, 1.807) is 30.6 Å². The van der Waals surface area contributed by atoms with Crippen molar-refractivity contribution in [2.45, 2.75) is 18.7 Å². The molecule has 2 aromatic rings. The van der Waals surface area contributed by atoms with Gasteiger partial charge in [0.25, 0.3) is 0 Å². The van der Waals surface area contributed by atoms with Gasteiger partial charge >= 0.3 is 5.97 Å². The summed E-state index contributed by atoms with van der Waals surface area (Å²) in [6, 6.07) is 8.96. The van der Waals surface area contributed by atoms with Gasteiger partial charge < -0.3 is 14.4 Å². The Morgan fingerprint density at radius 3 is 2.31 bits per heavy atom. The van der Waals surface area contributed by atoms with Crippen LogP contribution >= 0.6 is 0 Å². The van der Waals surface area contributed by atoms with Gasteiger partial charge in [-0.25, -0.2) is 13.3 Å². The highest BCUT2D eigenvalue weighted by Crippen LogP contribution is 2.32. The van der Waals surface area contributed by atoms with Crippen LogP contribution in [0, 0.1) is 13.8 Å². The smallest absolute Gasteiger partial charge is 0.340 e. The largest absolute Gasteiger partial charge is 0.497 e. The molecule has 1 atom stereocenters. The maximum atomic E-state index is 13.2. The van der Waals surface area contributed by atoms with E-state index in [0.717, 1.165) is 21.8 Å². The summed E-state index contributed by atoms with van der Waals surface area (Å²) >= 11 is 0. The summed E-state index contributed by atoms with van der Waals surface area (Å²) in [5.74, 6) is 0.255. The van der Waals surface area contributed by atoms with E-state index < -0.39 is 17.0 Å². The lowest BCUT2D eigenvalue weighted by Crippen LogP contribution is -2.34. The first-order valence-corrected chi connectivity index (χ1v) is 10.0. The number of rotatable bonds is 8. The summed E-state index contributed by atoms with van der Waals surface area (Å²) in [5, 5.41) is 0. The molecule has 1 unspecified atom stereocenters. The molecule has 2 aromatic carbocycles. The van der Waals surface area contributed by atoms with Crippen molar-refractivity contribution in [3.63, 3.8) is 0 Å². The molecule has 0 N–H and O–H groups in total. The number of carbonyl (C=O) groups excluding carboxylic acids is 1. The first-order valence-electron chi connectivity index (χ1n) is 8.92. The number of hydrogen-bond acceptors (Lipinski definition) is 6. The van der Waals surface area contributed by atoms with E-state index in [1.807, 2.05) is 44.0 Å². The monoisotopic (exact) mass is 417 g/mol. The third kappa shape index (κ3) is 4.83. The van der Waals surface area contributed by atoms with Gasteiger partial charge in [-0.3, -0.25) is 4.99 Å². The van der Waals surface area contributed by atoms with Gasteiger partial charge in [-0.05, 0) is 56.0 Å². The summed E-state index contributed by atoms with van der Waals surface area (Å²) in [4.78, 5) is 18.7.